The Morgan fingerprint density at radius 3 is 2.69 bits per heavy atom. The molecule has 29 heavy (non-hydrogen) atoms. The molecule has 1 aliphatic rings. The van der Waals surface area contributed by atoms with Crippen LogP contribution in [0.2, 0.25) is 0 Å². The minimum atomic E-state index is 0.214. The Kier molecular flexibility index (Phi) is 5.79. The van der Waals surface area contributed by atoms with Crippen LogP contribution in [0, 0.1) is 6.92 Å². The van der Waals surface area contributed by atoms with Crippen molar-refractivity contribution in [2.45, 2.75) is 38.9 Å². The van der Waals surface area contributed by atoms with Crippen LogP contribution < -0.4 is 0 Å². The first-order valence-corrected chi connectivity index (χ1v) is 10.6. The number of nitrogens with zero attached hydrogens (tertiary/aromatic N) is 3. The second-order valence-corrected chi connectivity index (χ2v) is 8.37. The number of hydrogen-bond donors (Lipinski definition) is 0. The molecule has 0 N–H and O–H groups in total. The van der Waals surface area contributed by atoms with Gasteiger partial charge in [-0.2, -0.15) is 0 Å². The van der Waals surface area contributed by atoms with Crippen molar-refractivity contribution in [3.63, 3.8) is 0 Å². The van der Waals surface area contributed by atoms with E-state index in [0.717, 1.165) is 25.2 Å². The van der Waals surface area contributed by atoms with Crippen molar-refractivity contribution >= 4 is 10.9 Å². The molecule has 150 valence electrons. The van der Waals surface area contributed by atoms with Crippen molar-refractivity contribution in [1.82, 2.24) is 14.8 Å². The summed E-state index contributed by atoms with van der Waals surface area (Å²) >= 11 is 0. The molecule has 1 saturated heterocycles. The zero-order chi connectivity index (χ0) is 20.4. The van der Waals surface area contributed by atoms with Gasteiger partial charge in [-0.25, -0.2) is 0 Å². The lowest BCUT2D eigenvalue weighted by atomic mass is 9.91. The van der Waals surface area contributed by atoms with Crippen LogP contribution in [0.3, 0.4) is 0 Å². The maximum atomic E-state index is 4.61. The number of benzene rings is 2. The molecule has 0 saturated carbocycles. The number of hydrogen-bond acceptors (Lipinski definition) is 3. The molecule has 0 bridgehead atoms. The van der Waals surface area contributed by atoms with Crippen molar-refractivity contribution in [3.05, 3.63) is 90.1 Å². The summed E-state index contributed by atoms with van der Waals surface area (Å²) < 4.78 is 0. The first-order chi connectivity index (χ1) is 14.1. The topological polar surface area (TPSA) is 19.4 Å². The molecule has 1 unspecified atom stereocenters. The molecule has 1 aromatic heterocycles. The van der Waals surface area contributed by atoms with Crippen molar-refractivity contribution < 1.29 is 0 Å². The fourth-order valence-corrected chi connectivity index (χ4v) is 4.75. The van der Waals surface area contributed by atoms with Gasteiger partial charge in [0.15, 0.2) is 0 Å². The van der Waals surface area contributed by atoms with Crippen LogP contribution in [0.25, 0.3) is 10.9 Å². The third kappa shape index (κ3) is 3.98. The van der Waals surface area contributed by atoms with Gasteiger partial charge in [-0.3, -0.25) is 14.8 Å². The summed E-state index contributed by atoms with van der Waals surface area (Å²) in [6.45, 7) is 13.9. The van der Waals surface area contributed by atoms with E-state index in [-0.39, 0.29) is 6.04 Å². The quantitative estimate of drug-likeness (QED) is 0.562. The van der Waals surface area contributed by atoms with Crippen molar-refractivity contribution in [3.8, 4) is 0 Å². The fourth-order valence-electron chi connectivity index (χ4n) is 4.75. The van der Waals surface area contributed by atoms with Crippen LogP contribution >= 0.6 is 0 Å². The van der Waals surface area contributed by atoms with E-state index in [1.807, 2.05) is 12.3 Å². The molecular weight excluding hydrogens is 354 g/mol. The molecule has 3 nitrogen and oxygen atoms in total. The van der Waals surface area contributed by atoms with Gasteiger partial charge in [-0.15, -0.1) is 6.58 Å². The Morgan fingerprint density at radius 2 is 1.90 bits per heavy atom. The second kappa shape index (κ2) is 8.48. The molecule has 0 amide bonds. The number of fused-ring (bicyclic) bond motifs is 1. The smallest absolute Gasteiger partial charge is 0.0705 e. The van der Waals surface area contributed by atoms with Gasteiger partial charge >= 0.3 is 0 Å². The van der Waals surface area contributed by atoms with Gasteiger partial charge in [0.05, 0.1) is 11.6 Å². The van der Waals surface area contributed by atoms with Crippen molar-refractivity contribution in [1.29, 1.82) is 0 Å². The number of aromatic nitrogens is 1. The van der Waals surface area contributed by atoms with Crippen LogP contribution in [0.5, 0.6) is 0 Å². The summed E-state index contributed by atoms with van der Waals surface area (Å²) in [4.78, 5) is 9.83. The van der Waals surface area contributed by atoms with Crippen LogP contribution in [0.4, 0.5) is 0 Å². The minimum absolute atomic E-state index is 0.214. The van der Waals surface area contributed by atoms with Crippen molar-refractivity contribution in [2.75, 3.05) is 19.6 Å². The first kappa shape index (κ1) is 19.8. The Morgan fingerprint density at radius 1 is 1.07 bits per heavy atom. The van der Waals surface area contributed by atoms with E-state index in [2.05, 4.69) is 96.7 Å². The summed E-state index contributed by atoms with van der Waals surface area (Å²) in [5, 5.41) is 1.25. The molecule has 1 aliphatic heterocycles. The average molecular weight is 386 g/mol. The van der Waals surface area contributed by atoms with Gasteiger partial charge < -0.3 is 0 Å². The molecule has 1 fully saturated rings. The lowest BCUT2D eigenvalue weighted by Gasteiger charge is -2.47. The zero-order valence-corrected chi connectivity index (χ0v) is 17.8. The number of aryl methyl sites for hydroxylation is 1. The first-order valence-electron chi connectivity index (χ1n) is 10.6. The van der Waals surface area contributed by atoms with E-state index in [1.165, 1.54) is 22.1 Å². The highest BCUT2D eigenvalue weighted by Gasteiger charge is 2.35. The third-order valence-corrected chi connectivity index (χ3v) is 6.19. The maximum Gasteiger partial charge on any atom is 0.0705 e. The molecule has 3 atom stereocenters. The van der Waals surface area contributed by atoms with E-state index in [9.17, 15) is 0 Å². The number of piperazine rings is 1. The standard InChI is InChI=1S/C26H31N3/c1-5-15-28-17-21(4)29(18-20(28)3)26(22-10-8-9-19(2)16-22)24-13-14-27-25-12-7-6-11-23(24)25/h5-14,16,20-21,26H,1,15,17-18H2,2-4H3/t20-,21+,26?/m1/s1. The normalized spacial score (nSPS) is 21.9. The van der Waals surface area contributed by atoms with Gasteiger partial charge in [-0.1, -0.05) is 54.1 Å². The predicted octanol–water partition coefficient (Wildman–Crippen LogP) is 5.21. The molecule has 4 rings (SSSR count). The summed E-state index contributed by atoms with van der Waals surface area (Å²) in [6.07, 6.45) is 3.98. The average Bonchev–Trinajstić information content (AvgIpc) is 2.72. The van der Waals surface area contributed by atoms with E-state index in [0.29, 0.717) is 12.1 Å². The zero-order valence-electron chi connectivity index (χ0n) is 17.8. The van der Waals surface area contributed by atoms with Crippen molar-refractivity contribution in [2.24, 2.45) is 0 Å². The highest BCUT2D eigenvalue weighted by atomic mass is 15.3. The summed E-state index contributed by atoms with van der Waals surface area (Å²) in [6, 6.07) is 20.9. The van der Waals surface area contributed by atoms with Gasteiger partial charge in [0.2, 0.25) is 0 Å². The Labute approximate surface area is 174 Å². The molecular formula is C26H31N3. The van der Waals surface area contributed by atoms with E-state index in [1.54, 1.807) is 0 Å². The molecule has 3 aromatic rings. The number of rotatable bonds is 5. The van der Waals surface area contributed by atoms with Crippen LogP contribution in [0.1, 0.15) is 36.6 Å². The maximum absolute atomic E-state index is 4.61. The molecule has 2 aromatic carbocycles. The van der Waals surface area contributed by atoms with Crippen LogP contribution in [-0.4, -0.2) is 46.5 Å². The van der Waals surface area contributed by atoms with Gasteiger partial charge in [0, 0.05) is 43.3 Å². The molecule has 0 spiro atoms. The Balaban J connectivity index is 1.82. The second-order valence-electron chi connectivity index (χ2n) is 8.37. The molecule has 0 radical (unpaired) electrons. The van der Waals surface area contributed by atoms with E-state index in [4.69, 9.17) is 0 Å². The fraction of sp³-hybridized carbons (Fsp3) is 0.346. The highest BCUT2D eigenvalue weighted by Crippen LogP contribution is 2.36. The van der Waals surface area contributed by atoms with E-state index >= 15 is 0 Å². The number of pyridine rings is 1. The van der Waals surface area contributed by atoms with Gasteiger partial charge in [0.25, 0.3) is 0 Å². The Hall–Kier alpha value is -2.49. The van der Waals surface area contributed by atoms with Gasteiger partial charge in [0.1, 0.15) is 0 Å². The highest BCUT2D eigenvalue weighted by molar-refractivity contribution is 5.82. The summed E-state index contributed by atoms with van der Waals surface area (Å²) in [5.74, 6) is 0. The lowest BCUT2D eigenvalue weighted by Crippen LogP contribution is -2.57. The monoisotopic (exact) mass is 385 g/mol. The summed E-state index contributed by atoms with van der Waals surface area (Å²) in [5.41, 5.74) is 5.07. The molecule has 0 aliphatic carbocycles. The SMILES string of the molecule is C=CCN1C[C@H](C)N(C(c2cccc(C)c2)c2ccnc3ccccc23)C[C@H]1C. The molecule has 2 heterocycles. The lowest BCUT2D eigenvalue weighted by molar-refractivity contribution is 0.0310. The number of para-hydroxylation sites is 1. The molecule has 3 heteroatoms. The van der Waals surface area contributed by atoms with Gasteiger partial charge in [-0.05, 0) is 44.0 Å². The largest absolute Gasteiger partial charge is 0.294 e. The third-order valence-electron chi connectivity index (χ3n) is 6.19. The van der Waals surface area contributed by atoms with Crippen LogP contribution in [-0.2, 0) is 0 Å². The van der Waals surface area contributed by atoms with E-state index < -0.39 is 0 Å². The minimum Gasteiger partial charge on any atom is -0.294 e. The predicted molar refractivity (Wildman–Crippen MR) is 122 cm³/mol. The van der Waals surface area contributed by atoms with Crippen LogP contribution in [0.15, 0.2) is 73.4 Å². The summed E-state index contributed by atoms with van der Waals surface area (Å²) in [7, 11) is 0. The Bertz CT molecular complexity index is 991.